The zero-order chi connectivity index (χ0) is 9.19. The van der Waals surface area contributed by atoms with Crippen molar-refractivity contribution < 1.29 is 18.3 Å². The van der Waals surface area contributed by atoms with Crippen molar-refractivity contribution in [2.24, 2.45) is 5.92 Å². The smallest absolute Gasteiger partial charge is 0.389 e. The molecule has 1 nitrogen and oxygen atoms in total. The average molecular weight is 182 g/mol. The molecule has 0 aromatic rings. The van der Waals surface area contributed by atoms with Gasteiger partial charge in [0.25, 0.3) is 0 Å². The maximum absolute atomic E-state index is 11.6. The molecule has 0 aromatic heterocycles. The Balaban J connectivity index is 2.01. The molecule has 0 aromatic carbocycles. The fourth-order valence-electron chi connectivity index (χ4n) is 1.23. The summed E-state index contributed by atoms with van der Waals surface area (Å²) in [5.74, 6) is 0.290. The first-order valence-electron chi connectivity index (χ1n) is 4.24. The topological polar surface area (TPSA) is 20.2 Å². The Kier molecular flexibility index (Phi) is 2.99. The van der Waals surface area contributed by atoms with Crippen molar-refractivity contribution in [2.75, 3.05) is 0 Å². The molecule has 1 aliphatic carbocycles. The van der Waals surface area contributed by atoms with Crippen LogP contribution in [0.3, 0.4) is 0 Å². The van der Waals surface area contributed by atoms with E-state index in [0.29, 0.717) is 12.3 Å². The normalized spacial score (nSPS) is 21.0. The summed E-state index contributed by atoms with van der Waals surface area (Å²) in [5, 5.41) is 9.22. The largest absolute Gasteiger partial charge is 0.393 e. The van der Waals surface area contributed by atoms with E-state index >= 15 is 0 Å². The minimum absolute atomic E-state index is 0.0567. The summed E-state index contributed by atoms with van der Waals surface area (Å²) in [4.78, 5) is 0. The zero-order valence-electron chi connectivity index (χ0n) is 6.77. The van der Waals surface area contributed by atoms with Crippen LogP contribution in [-0.2, 0) is 0 Å². The molecule has 1 saturated carbocycles. The fourth-order valence-corrected chi connectivity index (χ4v) is 1.23. The predicted molar refractivity (Wildman–Crippen MR) is 38.6 cm³/mol. The van der Waals surface area contributed by atoms with Crippen molar-refractivity contribution in [3.63, 3.8) is 0 Å². The molecule has 0 saturated heterocycles. The van der Waals surface area contributed by atoms with Gasteiger partial charge in [-0.15, -0.1) is 0 Å². The number of hydrogen-bond donors (Lipinski definition) is 1. The molecule has 0 amide bonds. The van der Waals surface area contributed by atoms with Gasteiger partial charge < -0.3 is 5.11 Å². The third-order valence-corrected chi connectivity index (χ3v) is 2.13. The van der Waals surface area contributed by atoms with Crippen LogP contribution in [0.4, 0.5) is 13.2 Å². The van der Waals surface area contributed by atoms with Gasteiger partial charge in [-0.05, 0) is 31.6 Å². The number of rotatable bonds is 4. The summed E-state index contributed by atoms with van der Waals surface area (Å²) in [6.07, 6.45) is -3.02. The van der Waals surface area contributed by atoms with Gasteiger partial charge >= 0.3 is 6.18 Å². The van der Waals surface area contributed by atoms with Gasteiger partial charge in [-0.3, -0.25) is 0 Å². The Labute approximate surface area is 69.6 Å². The van der Waals surface area contributed by atoms with Crippen LogP contribution in [0.2, 0.25) is 0 Å². The van der Waals surface area contributed by atoms with Crippen LogP contribution in [0.25, 0.3) is 0 Å². The molecule has 0 aliphatic heterocycles. The van der Waals surface area contributed by atoms with E-state index in [0.717, 1.165) is 12.8 Å². The monoisotopic (exact) mass is 182 g/mol. The highest BCUT2D eigenvalue weighted by molar-refractivity contribution is 4.80. The first-order valence-corrected chi connectivity index (χ1v) is 4.24. The van der Waals surface area contributed by atoms with E-state index in [-0.39, 0.29) is 6.42 Å². The SMILES string of the molecule is OC(CCCC(F)(F)F)C1CC1. The lowest BCUT2D eigenvalue weighted by atomic mass is 10.1. The second-order valence-corrected chi connectivity index (χ2v) is 3.41. The fraction of sp³-hybridized carbons (Fsp3) is 1.00. The van der Waals surface area contributed by atoms with Gasteiger partial charge in [-0.2, -0.15) is 13.2 Å². The first kappa shape index (κ1) is 9.84. The molecule has 0 spiro atoms. The molecule has 1 aliphatic rings. The molecule has 1 fully saturated rings. The van der Waals surface area contributed by atoms with Crippen LogP contribution in [0.15, 0.2) is 0 Å². The Hall–Kier alpha value is -0.250. The predicted octanol–water partition coefficient (Wildman–Crippen LogP) is 2.49. The summed E-state index contributed by atoms with van der Waals surface area (Å²) in [7, 11) is 0. The van der Waals surface area contributed by atoms with E-state index in [1.54, 1.807) is 0 Å². The molecule has 1 N–H and O–H groups in total. The number of halogens is 3. The second-order valence-electron chi connectivity index (χ2n) is 3.41. The van der Waals surface area contributed by atoms with E-state index in [1.165, 1.54) is 0 Å². The van der Waals surface area contributed by atoms with E-state index in [1.807, 2.05) is 0 Å². The molecular weight excluding hydrogens is 169 g/mol. The van der Waals surface area contributed by atoms with Crippen LogP contribution < -0.4 is 0 Å². The Morgan fingerprint density at radius 2 is 1.92 bits per heavy atom. The number of aliphatic hydroxyl groups is 1. The highest BCUT2D eigenvalue weighted by Gasteiger charge is 2.31. The van der Waals surface area contributed by atoms with Crippen molar-refractivity contribution in [1.82, 2.24) is 0 Å². The van der Waals surface area contributed by atoms with Crippen molar-refractivity contribution in [2.45, 2.75) is 44.4 Å². The van der Waals surface area contributed by atoms with Gasteiger partial charge in [0, 0.05) is 6.42 Å². The van der Waals surface area contributed by atoms with Crippen molar-refractivity contribution >= 4 is 0 Å². The second kappa shape index (κ2) is 3.64. The minimum Gasteiger partial charge on any atom is -0.393 e. The Bertz CT molecular complexity index is 140. The first-order chi connectivity index (χ1) is 5.49. The third kappa shape index (κ3) is 3.95. The van der Waals surface area contributed by atoms with Gasteiger partial charge in [-0.1, -0.05) is 0 Å². The lowest BCUT2D eigenvalue weighted by Crippen LogP contribution is -2.12. The molecule has 72 valence electrons. The molecule has 0 radical (unpaired) electrons. The van der Waals surface area contributed by atoms with Crippen LogP contribution in [0, 0.1) is 5.92 Å². The van der Waals surface area contributed by atoms with Gasteiger partial charge in [0.15, 0.2) is 0 Å². The standard InChI is InChI=1S/C8H13F3O/c9-8(10,11)5-1-2-7(12)6-3-4-6/h6-7,12H,1-5H2. The molecule has 0 heterocycles. The summed E-state index contributed by atoms with van der Waals surface area (Å²) in [6, 6.07) is 0. The maximum Gasteiger partial charge on any atom is 0.389 e. The molecule has 1 rings (SSSR count). The lowest BCUT2D eigenvalue weighted by molar-refractivity contribution is -0.136. The third-order valence-electron chi connectivity index (χ3n) is 2.13. The van der Waals surface area contributed by atoms with Gasteiger partial charge in [0.05, 0.1) is 6.10 Å². The van der Waals surface area contributed by atoms with E-state index in [2.05, 4.69) is 0 Å². The summed E-state index contributed by atoms with van der Waals surface area (Å²) in [6.45, 7) is 0. The van der Waals surface area contributed by atoms with Gasteiger partial charge in [0.2, 0.25) is 0 Å². The van der Waals surface area contributed by atoms with Crippen LogP contribution in [0.5, 0.6) is 0 Å². The van der Waals surface area contributed by atoms with Crippen LogP contribution in [-0.4, -0.2) is 17.4 Å². The zero-order valence-corrected chi connectivity index (χ0v) is 6.77. The minimum atomic E-state index is -4.07. The summed E-state index contributed by atoms with van der Waals surface area (Å²) < 4.78 is 34.9. The number of hydrogen-bond acceptors (Lipinski definition) is 1. The van der Waals surface area contributed by atoms with Crippen molar-refractivity contribution in [1.29, 1.82) is 0 Å². The van der Waals surface area contributed by atoms with E-state index in [9.17, 15) is 18.3 Å². The molecule has 12 heavy (non-hydrogen) atoms. The molecule has 1 atom stereocenters. The summed E-state index contributed by atoms with van der Waals surface area (Å²) >= 11 is 0. The summed E-state index contributed by atoms with van der Waals surface area (Å²) in [5.41, 5.74) is 0. The maximum atomic E-state index is 11.6. The van der Waals surface area contributed by atoms with E-state index in [4.69, 9.17) is 0 Å². The molecule has 4 heteroatoms. The highest BCUT2D eigenvalue weighted by Crippen LogP contribution is 2.35. The van der Waals surface area contributed by atoms with Gasteiger partial charge in [0.1, 0.15) is 0 Å². The molecule has 0 bridgehead atoms. The van der Waals surface area contributed by atoms with Crippen molar-refractivity contribution in [3.8, 4) is 0 Å². The average Bonchev–Trinajstić information content (AvgIpc) is 2.64. The quantitative estimate of drug-likeness (QED) is 0.708. The van der Waals surface area contributed by atoms with Crippen LogP contribution in [0.1, 0.15) is 32.1 Å². The Morgan fingerprint density at radius 3 is 2.33 bits per heavy atom. The number of alkyl halides is 3. The van der Waals surface area contributed by atoms with E-state index < -0.39 is 18.7 Å². The Morgan fingerprint density at radius 1 is 1.33 bits per heavy atom. The van der Waals surface area contributed by atoms with Gasteiger partial charge in [-0.25, -0.2) is 0 Å². The van der Waals surface area contributed by atoms with Crippen LogP contribution >= 0.6 is 0 Å². The molecule has 1 unspecified atom stereocenters. The lowest BCUT2D eigenvalue weighted by Gasteiger charge is -2.09. The van der Waals surface area contributed by atoms with Crippen molar-refractivity contribution in [3.05, 3.63) is 0 Å². The number of aliphatic hydroxyl groups excluding tert-OH is 1. The highest BCUT2D eigenvalue weighted by atomic mass is 19.4. The molecular formula is C8H13F3O.